The molecule has 1 aromatic carbocycles. The summed E-state index contributed by atoms with van der Waals surface area (Å²) in [6.45, 7) is 7.46. The van der Waals surface area contributed by atoms with E-state index in [0.717, 1.165) is 68.4 Å². The molecule has 27 heavy (non-hydrogen) atoms. The molecule has 1 saturated heterocycles. The molecule has 0 bridgehead atoms. The van der Waals surface area contributed by atoms with Crippen molar-refractivity contribution < 1.29 is 9.05 Å². The Morgan fingerprint density at radius 1 is 1.00 bits per heavy atom. The number of aromatic nitrogens is 3. The van der Waals surface area contributed by atoms with Gasteiger partial charge in [-0.3, -0.25) is 9.80 Å². The van der Waals surface area contributed by atoms with Crippen molar-refractivity contribution in [2.45, 2.75) is 26.4 Å². The van der Waals surface area contributed by atoms with Crippen molar-refractivity contribution in [3.8, 4) is 11.3 Å². The Balaban J connectivity index is 1.33. The van der Waals surface area contributed by atoms with E-state index in [1.54, 1.807) is 0 Å². The smallest absolute Gasteiger partial charge is 0.226 e. The maximum atomic E-state index is 5.98. The van der Waals surface area contributed by atoms with Gasteiger partial charge < -0.3 is 9.05 Å². The van der Waals surface area contributed by atoms with E-state index in [1.807, 2.05) is 37.4 Å². The molecule has 0 radical (unpaired) electrons. The quantitative estimate of drug-likeness (QED) is 0.642. The number of nitrogens with zero attached hydrogens (tertiary/aromatic N) is 5. The Morgan fingerprint density at radius 2 is 1.70 bits per heavy atom. The monoisotopic (exact) mass is 387 g/mol. The van der Waals surface area contributed by atoms with E-state index < -0.39 is 0 Å². The lowest BCUT2D eigenvalue weighted by atomic mass is 10.1. The summed E-state index contributed by atoms with van der Waals surface area (Å²) in [5.74, 6) is 2.28. The number of benzene rings is 1. The lowest BCUT2D eigenvalue weighted by Crippen LogP contribution is -2.45. The van der Waals surface area contributed by atoms with Crippen LogP contribution >= 0.6 is 11.6 Å². The van der Waals surface area contributed by atoms with Gasteiger partial charge >= 0.3 is 0 Å². The lowest BCUT2D eigenvalue weighted by molar-refractivity contribution is 0.119. The summed E-state index contributed by atoms with van der Waals surface area (Å²) in [6, 6.07) is 7.65. The van der Waals surface area contributed by atoms with Gasteiger partial charge in [-0.1, -0.05) is 28.8 Å². The zero-order chi connectivity index (χ0) is 18.6. The van der Waals surface area contributed by atoms with Gasteiger partial charge in [-0.25, -0.2) is 0 Å². The average molecular weight is 388 g/mol. The van der Waals surface area contributed by atoms with Gasteiger partial charge in [0.15, 0.2) is 11.6 Å². The first-order chi connectivity index (χ1) is 13.2. The van der Waals surface area contributed by atoms with Crippen LogP contribution in [0.3, 0.4) is 0 Å². The minimum absolute atomic E-state index is 0.700. The fourth-order valence-electron chi connectivity index (χ4n) is 3.26. The zero-order valence-electron chi connectivity index (χ0n) is 15.3. The van der Waals surface area contributed by atoms with Crippen LogP contribution in [0, 0.1) is 0 Å². The van der Waals surface area contributed by atoms with E-state index in [9.17, 15) is 0 Å². The summed E-state index contributed by atoms with van der Waals surface area (Å²) < 4.78 is 10.7. The standard InChI is InChI=1S/C19H22ClN5O2/c1-2-18-22-17(23-26-18)13-25-9-7-24(8-10-25)12-15-11-21-27-19(15)14-3-5-16(20)6-4-14/h3-6,11H,2,7-10,12-13H2,1H3. The molecule has 0 saturated carbocycles. The molecule has 0 aliphatic carbocycles. The van der Waals surface area contributed by atoms with Crippen LogP contribution in [0.5, 0.6) is 0 Å². The Morgan fingerprint density at radius 3 is 2.37 bits per heavy atom. The predicted molar refractivity (Wildman–Crippen MR) is 101 cm³/mol. The Kier molecular flexibility index (Phi) is 5.52. The van der Waals surface area contributed by atoms with Crippen molar-refractivity contribution in [2.75, 3.05) is 26.2 Å². The fraction of sp³-hybridized carbons (Fsp3) is 0.421. The lowest BCUT2D eigenvalue weighted by Gasteiger charge is -2.33. The Hall–Kier alpha value is -2.22. The van der Waals surface area contributed by atoms with Crippen molar-refractivity contribution >= 4 is 11.6 Å². The van der Waals surface area contributed by atoms with Crippen LogP contribution in [0.4, 0.5) is 0 Å². The number of piperazine rings is 1. The van der Waals surface area contributed by atoms with E-state index in [0.29, 0.717) is 10.9 Å². The van der Waals surface area contributed by atoms with E-state index in [-0.39, 0.29) is 0 Å². The molecule has 0 spiro atoms. The van der Waals surface area contributed by atoms with Crippen LogP contribution in [0.2, 0.25) is 5.02 Å². The summed E-state index contributed by atoms with van der Waals surface area (Å²) >= 11 is 5.98. The molecular formula is C19H22ClN5O2. The molecule has 1 aliphatic heterocycles. The van der Waals surface area contributed by atoms with Crippen LogP contribution in [0.1, 0.15) is 24.2 Å². The molecule has 0 N–H and O–H groups in total. The van der Waals surface area contributed by atoms with Gasteiger partial charge in [0.05, 0.1) is 12.7 Å². The highest BCUT2D eigenvalue weighted by atomic mass is 35.5. The molecular weight excluding hydrogens is 366 g/mol. The van der Waals surface area contributed by atoms with Gasteiger partial charge in [-0.2, -0.15) is 4.98 Å². The normalized spacial score (nSPS) is 16.1. The molecule has 3 aromatic rings. The summed E-state index contributed by atoms with van der Waals surface area (Å²) in [6.07, 6.45) is 2.58. The predicted octanol–water partition coefficient (Wildman–Crippen LogP) is 3.26. The molecule has 0 amide bonds. The summed E-state index contributed by atoms with van der Waals surface area (Å²) in [5, 5.41) is 8.75. The summed E-state index contributed by atoms with van der Waals surface area (Å²) in [7, 11) is 0. The maximum Gasteiger partial charge on any atom is 0.226 e. The van der Waals surface area contributed by atoms with Crippen LogP contribution in [0.25, 0.3) is 11.3 Å². The van der Waals surface area contributed by atoms with Crippen molar-refractivity contribution in [1.82, 2.24) is 25.1 Å². The second-order valence-corrected chi connectivity index (χ2v) is 7.13. The third-order valence-electron chi connectivity index (χ3n) is 4.79. The second-order valence-electron chi connectivity index (χ2n) is 6.70. The van der Waals surface area contributed by atoms with Crippen LogP contribution in [-0.2, 0) is 19.5 Å². The van der Waals surface area contributed by atoms with Crippen molar-refractivity contribution in [2.24, 2.45) is 0 Å². The molecule has 7 nitrogen and oxygen atoms in total. The average Bonchev–Trinajstić information content (AvgIpc) is 3.33. The molecule has 0 unspecified atom stereocenters. The third kappa shape index (κ3) is 4.37. The van der Waals surface area contributed by atoms with Gasteiger partial charge in [-0.15, -0.1) is 0 Å². The maximum absolute atomic E-state index is 5.98. The second kappa shape index (κ2) is 8.21. The number of rotatable bonds is 6. The van der Waals surface area contributed by atoms with Gasteiger partial charge in [0.2, 0.25) is 5.89 Å². The highest BCUT2D eigenvalue weighted by molar-refractivity contribution is 6.30. The molecule has 3 heterocycles. The first-order valence-corrected chi connectivity index (χ1v) is 9.54. The van der Waals surface area contributed by atoms with Crippen molar-refractivity contribution in [1.29, 1.82) is 0 Å². The van der Waals surface area contributed by atoms with Crippen LogP contribution < -0.4 is 0 Å². The molecule has 0 atom stereocenters. The number of halogens is 1. The Labute approximate surface area is 162 Å². The van der Waals surface area contributed by atoms with Gasteiger partial charge in [0, 0.05) is 55.3 Å². The van der Waals surface area contributed by atoms with Crippen LogP contribution in [0.15, 0.2) is 39.5 Å². The van der Waals surface area contributed by atoms with E-state index >= 15 is 0 Å². The summed E-state index contributed by atoms with van der Waals surface area (Å²) in [5.41, 5.74) is 2.09. The molecule has 1 fully saturated rings. The number of aryl methyl sites for hydroxylation is 1. The fourth-order valence-corrected chi connectivity index (χ4v) is 3.38. The highest BCUT2D eigenvalue weighted by Gasteiger charge is 2.21. The highest BCUT2D eigenvalue weighted by Crippen LogP contribution is 2.26. The van der Waals surface area contributed by atoms with E-state index in [4.69, 9.17) is 20.6 Å². The largest absolute Gasteiger partial charge is 0.356 e. The summed E-state index contributed by atoms with van der Waals surface area (Å²) in [4.78, 5) is 9.16. The van der Waals surface area contributed by atoms with Crippen LogP contribution in [-0.4, -0.2) is 51.3 Å². The number of hydrogen-bond acceptors (Lipinski definition) is 7. The Bertz CT molecular complexity index is 868. The van der Waals surface area contributed by atoms with Gasteiger partial charge in [0.25, 0.3) is 0 Å². The molecule has 8 heteroatoms. The zero-order valence-corrected chi connectivity index (χ0v) is 16.0. The molecule has 2 aromatic heterocycles. The van der Waals surface area contributed by atoms with Gasteiger partial charge in [-0.05, 0) is 24.3 Å². The SMILES string of the molecule is CCc1nc(CN2CCN(Cc3cnoc3-c3ccc(Cl)cc3)CC2)no1. The number of hydrogen-bond donors (Lipinski definition) is 0. The first-order valence-electron chi connectivity index (χ1n) is 9.17. The molecule has 4 rings (SSSR count). The topological polar surface area (TPSA) is 71.4 Å². The first kappa shape index (κ1) is 18.2. The van der Waals surface area contributed by atoms with Gasteiger partial charge in [0.1, 0.15) is 0 Å². The molecule has 142 valence electrons. The molecule has 1 aliphatic rings. The van der Waals surface area contributed by atoms with E-state index in [2.05, 4.69) is 25.1 Å². The minimum Gasteiger partial charge on any atom is -0.356 e. The van der Waals surface area contributed by atoms with Crippen molar-refractivity contribution in [3.63, 3.8) is 0 Å². The minimum atomic E-state index is 0.700. The van der Waals surface area contributed by atoms with E-state index in [1.165, 1.54) is 0 Å². The van der Waals surface area contributed by atoms with Crippen molar-refractivity contribution in [3.05, 3.63) is 52.8 Å². The third-order valence-corrected chi connectivity index (χ3v) is 5.04.